The zero-order chi connectivity index (χ0) is 13.4. The van der Waals surface area contributed by atoms with Gasteiger partial charge in [0.05, 0.1) is 11.1 Å². The highest BCUT2D eigenvalue weighted by Crippen LogP contribution is 2.30. The van der Waals surface area contributed by atoms with E-state index in [4.69, 9.17) is 5.73 Å². The van der Waals surface area contributed by atoms with Crippen LogP contribution in [0.1, 0.15) is 25.5 Å². The summed E-state index contributed by atoms with van der Waals surface area (Å²) in [5.74, 6) is 1.81. The Hall–Kier alpha value is -2.11. The van der Waals surface area contributed by atoms with Crippen molar-refractivity contribution >= 4 is 28.9 Å². The highest BCUT2D eigenvalue weighted by atomic mass is 15.2. The number of H-pyrrole nitrogens is 1. The summed E-state index contributed by atoms with van der Waals surface area (Å²) < 4.78 is 0. The van der Waals surface area contributed by atoms with Crippen molar-refractivity contribution in [1.82, 2.24) is 20.2 Å². The maximum Gasteiger partial charge on any atom is 0.224 e. The molecule has 1 aliphatic rings. The number of aromatic nitrogens is 4. The molecule has 0 radical (unpaired) electrons. The minimum Gasteiger partial charge on any atom is -0.368 e. The first-order valence-electron chi connectivity index (χ1n) is 6.58. The molecule has 1 unspecified atom stereocenters. The molecule has 2 aromatic rings. The number of anilines is 2. The molecule has 2 aromatic heterocycles. The first-order chi connectivity index (χ1) is 9.19. The summed E-state index contributed by atoms with van der Waals surface area (Å²) in [6.07, 6.45) is 4.18. The van der Waals surface area contributed by atoms with Crippen molar-refractivity contribution in [3.63, 3.8) is 0 Å². The molecule has 19 heavy (non-hydrogen) atoms. The molecule has 1 saturated heterocycles. The zero-order valence-electron chi connectivity index (χ0n) is 11.1. The van der Waals surface area contributed by atoms with Gasteiger partial charge in [0, 0.05) is 13.1 Å². The standard InChI is InChI=1S/C13H18N6/c1-3-9-10-11(18-17-9)15-13(14)16-12(10)19-6-4-5-8(2)7-19/h3,8H,1,4-7H2,2H3,(H3,14,15,16,17,18). The Kier molecular flexibility index (Phi) is 2.85. The van der Waals surface area contributed by atoms with E-state index in [1.807, 2.05) is 0 Å². The Labute approximate surface area is 111 Å². The summed E-state index contributed by atoms with van der Waals surface area (Å²) in [5, 5.41) is 8.01. The Balaban J connectivity index is 2.15. The maximum absolute atomic E-state index is 5.79. The lowest BCUT2D eigenvalue weighted by Gasteiger charge is -2.32. The SMILES string of the molecule is C=Cc1[nH]nc2nc(N)nc(N3CCCC(C)C3)c12. The van der Waals surface area contributed by atoms with E-state index >= 15 is 0 Å². The number of fused-ring (bicyclic) bond motifs is 1. The summed E-state index contributed by atoms with van der Waals surface area (Å²) in [4.78, 5) is 10.9. The van der Waals surface area contributed by atoms with E-state index in [0.717, 1.165) is 30.0 Å². The molecule has 1 aliphatic heterocycles. The monoisotopic (exact) mass is 258 g/mol. The molecule has 0 bridgehead atoms. The van der Waals surface area contributed by atoms with Crippen LogP contribution < -0.4 is 10.6 Å². The number of piperidine rings is 1. The van der Waals surface area contributed by atoms with Crippen molar-refractivity contribution in [2.75, 3.05) is 23.7 Å². The molecule has 0 spiro atoms. The van der Waals surface area contributed by atoms with Crippen LogP contribution in [0.2, 0.25) is 0 Å². The fraction of sp³-hybridized carbons (Fsp3) is 0.462. The van der Waals surface area contributed by atoms with E-state index in [1.165, 1.54) is 12.8 Å². The largest absolute Gasteiger partial charge is 0.368 e. The second kappa shape index (κ2) is 4.53. The molecule has 3 rings (SSSR count). The quantitative estimate of drug-likeness (QED) is 0.858. The van der Waals surface area contributed by atoms with Crippen molar-refractivity contribution in [3.8, 4) is 0 Å². The highest BCUT2D eigenvalue weighted by Gasteiger charge is 2.22. The smallest absolute Gasteiger partial charge is 0.224 e. The lowest BCUT2D eigenvalue weighted by molar-refractivity contribution is 0.445. The number of nitrogens with two attached hydrogens (primary N) is 1. The molecule has 3 heterocycles. The average molecular weight is 258 g/mol. The van der Waals surface area contributed by atoms with Gasteiger partial charge in [0.1, 0.15) is 5.82 Å². The van der Waals surface area contributed by atoms with Gasteiger partial charge in [0.2, 0.25) is 5.95 Å². The predicted molar refractivity (Wildman–Crippen MR) is 76.8 cm³/mol. The van der Waals surface area contributed by atoms with E-state index in [0.29, 0.717) is 11.6 Å². The molecule has 0 saturated carbocycles. The third kappa shape index (κ3) is 2.03. The number of hydrogen-bond acceptors (Lipinski definition) is 5. The topological polar surface area (TPSA) is 83.7 Å². The van der Waals surface area contributed by atoms with Crippen LogP contribution in [0.5, 0.6) is 0 Å². The van der Waals surface area contributed by atoms with Gasteiger partial charge in [-0.2, -0.15) is 15.1 Å². The summed E-state index contributed by atoms with van der Waals surface area (Å²) in [6, 6.07) is 0. The van der Waals surface area contributed by atoms with Crippen LogP contribution in [0.25, 0.3) is 17.1 Å². The van der Waals surface area contributed by atoms with Crippen LogP contribution >= 0.6 is 0 Å². The van der Waals surface area contributed by atoms with Gasteiger partial charge in [-0.1, -0.05) is 13.5 Å². The van der Waals surface area contributed by atoms with Gasteiger partial charge < -0.3 is 10.6 Å². The van der Waals surface area contributed by atoms with E-state index < -0.39 is 0 Å². The lowest BCUT2D eigenvalue weighted by Crippen LogP contribution is -2.35. The van der Waals surface area contributed by atoms with Crippen molar-refractivity contribution in [2.45, 2.75) is 19.8 Å². The number of nitrogen functional groups attached to an aromatic ring is 1. The molecule has 0 aliphatic carbocycles. The fourth-order valence-electron chi connectivity index (χ4n) is 2.70. The van der Waals surface area contributed by atoms with Crippen molar-refractivity contribution in [1.29, 1.82) is 0 Å². The number of hydrogen-bond donors (Lipinski definition) is 2. The van der Waals surface area contributed by atoms with E-state index in [2.05, 4.69) is 38.6 Å². The van der Waals surface area contributed by atoms with Crippen LogP contribution in [-0.2, 0) is 0 Å². The Bertz CT molecular complexity index is 617. The zero-order valence-corrected chi connectivity index (χ0v) is 11.1. The van der Waals surface area contributed by atoms with Crippen LogP contribution in [0, 0.1) is 5.92 Å². The van der Waals surface area contributed by atoms with E-state index in [-0.39, 0.29) is 5.95 Å². The second-order valence-electron chi connectivity index (χ2n) is 5.14. The van der Waals surface area contributed by atoms with Crippen molar-refractivity contribution in [3.05, 3.63) is 12.3 Å². The first kappa shape index (κ1) is 12.0. The molecule has 0 amide bonds. The third-order valence-corrected chi connectivity index (χ3v) is 3.60. The first-order valence-corrected chi connectivity index (χ1v) is 6.58. The van der Waals surface area contributed by atoms with Gasteiger partial charge in [-0.3, -0.25) is 5.10 Å². The maximum atomic E-state index is 5.79. The van der Waals surface area contributed by atoms with Gasteiger partial charge in [-0.25, -0.2) is 0 Å². The molecular formula is C13H18N6. The van der Waals surface area contributed by atoms with Crippen LogP contribution in [0.4, 0.5) is 11.8 Å². The Morgan fingerprint density at radius 3 is 3.05 bits per heavy atom. The highest BCUT2D eigenvalue weighted by molar-refractivity contribution is 5.94. The van der Waals surface area contributed by atoms with E-state index in [9.17, 15) is 0 Å². The van der Waals surface area contributed by atoms with Crippen molar-refractivity contribution in [2.24, 2.45) is 5.92 Å². The number of nitrogens with zero attached hydrogens (tertiary/aromatic N) is 4. The summed E-state index contributed by atoms with van der Waals surface area (Å²) in [5.41, 5.74) is 7.25. The summed E-state index contributed by atoms with van der Waals surface area (Å²) in [6.45, 7) is 8.05. The summed E-state index contributed by atoms with van der Waals surface area (Å²) in [7, 11) is 0. The molecule has 1 fully saturated rings. The lowest BCUT2D eigenvalue weighted by atomic mass is 10.00. The predicted octanol–water partition coefficient (Wildman–Crippen LogP) is 1.81. The third-order valence-electron chi connectivity index (χ3n) is 3.60. The van der Waals surface area contributed by atoms with Gasteiger partial charge >= 0.3 is 0 Å². The molecule has 0 aromatic carbocycles. The van der Waals surface area contributed by atoms with Crippen LogP contribution in [0.3, 0.4) is 0 Å². The van der Waals surface area contributed by atoms with Gasteiger partial charge in [0.15, 0.2) is 5.65 Å². The van der Waals surface area contributed by atoms with Crippen molar-refractivity contribution < 1.29 is 0 Å². The van der Waals surface area contributed by atoms with E-state index in [1.54, 1.807) is 6.08 Å². The Morgan fingerprint density at radius 2 is 2.32 bits per heavy atom. The van der Waals surface area contributed by atoms with Gasteiger partial charge in [0.25, 0.3) is 0 Å². The summed E-state index contributed by atoms with van der Waals surface area (Å²) >= 11 is 0. The molecule has 100 valence electrons. The van der Waals surface area contributed by atoms with Gasteiger partial charge in [-0.15, -0.1) is 0 Å². The minimum atomic E-state index is 0.267. The van der Waals surface area contributed by atoms with Crippen LogP contribution in [-0.4, -0.2) is 33.3 Å². The minimum absolute atomic E-state index is 0.267. The average Bonchev–Trinajstić information content (AvgIpc) is 2.80. The molecular weight excluding hydrogens is 240 g/mol. The molecule has 1 atom stereocenters. The number of aromatic amines is 1. The van der Waals surface area contributed by atoms with Crippen LogP contribution in [0.15, 0.2) is 6.58 Å². The molecule has 3 N–H and O–H groups in total. The normalized spacial score (nSPS) is 19.8. The molecule has 6 nitrogen and oxygen atoms in total. The number of nitrogens with one attached hydrogen (secondary N) is 1. The second-order valence-corrected chi connectivity index (χ2v) is 5.14. The van der Waals surface area contributed by atoms with Gasteiger partial charge in [-0.05, 0) is 24.8 Å². The molecule has 6 heteroatoms. The Morgan fingerprint density at radius 1 is 1.47 bits per heavy atom. The number of rotatable bonds is 2. The fourth-order valence-corrected chi connectivity index (χ4v) is 2.70.